The number of rotatable bonds is 3. The minimum absolute atomic E-state index is 0.0248. The number of amides is 1. The number of aromatic nitrogens is 2. The second-order valence-corrected chi connectivity index (χ2v) is 7.71. The lowest BCUT2D eigenvalue weighted by Crippen LogP contribution is -2.30. The summed E-state index contributed by atoms with van der Waals surface area (Å²) in [5.41, 5.74) is -0.150. The summed E-state index contributed by atoms with van der Waals surface area (Å²) in [6.07, 6.45) is 1.91. The first-order valence-corrected chi connectivity index (χ1v) is 8.65. The van der Waals surface area contributed by atoms with Crippen LogP contribution in [0.4, 0.5) is 8.78 Å². The standard InChI is InChI=1S/C19H21F2N3O3/c1-19(2,3)24-10-14(17(25)23-7-6-11(9-23)18(26)27)16(22-24)13-5-4-12(20)8-15(13)21/h4-5,8,10-11H,6-7,9H2,1-3H3,(H,26,27)/t11-/m0/s1. The Morgan fingerprint density at radius 2 is 1.96 bits per heavy atom. The molecule has 1 atom stereocenters. The molecule has 2 aromatic rings. The smallest absolute Gasteiger partial charge is 0.308 e. The molecule has 2 heterocycles. The minimum atomic E-state index is -0.944. The van der Waals surface area contributed by atoms with Crippen LogP contribution in [0.15, 0.2) is 24.4 Å². The van der Waals surface area contributed by atoms with E-state index in [2.05, 4.69) is 5.10 Å². The second-order valence-electron chi connectivity index (χ2n) is 7.71. The average molecular weight is 377 g/mol. The summed E-state index contributed by atoms with van der Waals surface area (Å²) < 4.78 is 29.2. The molecule has 3 rings (SSSR count). The van der Waals surface area contributed by atoms with Crippen molar-refractivity contribution in [1.82, 2.24) is 14.7 Å². The van der Waals surface area contributed by atoms with E-state index < -0.39 is 35.0 Å². The maximum Gasteiger partial charge on any atom is 0.308 e. The Kier molecular flexibility index (Phi) is 4.75. The number of carbonyl (C=O) groups is 2. The van der Waals surface area contributed by atoms with Crippen molar-refractivity contribution < 1.29 is 23.5 Å². The summed E-state index contributed by atoms with van der Waals surface area (Å²) in [6, 6.07) is 3.11. The molecule has 1 aliphatic rings. The van der Waals surface area contributed by atoms with Gasteiger partial charge in [-0.3, -0.25) is 14.3 Å². The molecule has 1 aromatic heterocycles. The van der Waals surface area contributed by atoms with Crippen molar-refractivity contribution in [1.29, 1.82) is 0 Å². The Hall–Kier alpha value is -2.77. The average Bonchev–Trinajstić information content (AvgIpc) is 3.21. The SMILES string of the molecule is CC(C)(C)n1cc(C(=O)N2CC[C@H](C(=O)O)C2)c(-c2ccc(F)cc2F)n1. The molecular weight excluding hydrogens is 356 g/mol. The van der Waals surface area contributed by atoms with Crippen LogP contribution in [0.3, 0.4) is 0 Å². The highest BCUT2D eigenvalue weighted by Crippen LogP contribution is 2.30. The molecular formula is C19H21F2N3O3. The molecule has 0 spiro atoms. The molecule has 0 radical (unpaired) electrons. The van der Waals surface area contributed by atoms with Crippen LogP contribution in [-0.4, -0.2) is 44.8 Å². The highest BCUT2D eigenvalue weighted by molar-refractivity contribution is 6.00. The normalized spacial score (nSPS) is 17.4. The highest BCUT2D eigenvalue weighted by Gasteiger charge is 2.34. The monoisotopic (exact) mass is 377 g/mol. The molecule has 0 bridgehead atoms. The predicted molar refractivity (Wildman–Crippen MR) is 94.2 cm³/mol. The van der Waals surface area contributed by atoms with Crippen LogP contribution >= 0.6 is 0 Å². The van der Waals surface area contributed by atoms with Crippen molar-refractivity contribution >= 4 is 11.9 Å². The maximum absolute atomic E-state index is 14.3. The van der Waals surface area contributed by atoms with Crippen LogP contribution in [-0.2, 0) is 10.3 Å². The molecule has 144 valence electrons. The summed E-state index contributed by atoms with van der Waals surface area (Å²) in [5, 5.41) is 13.5. The summed E-state index contributed by atoms with van der Waals surface area (Å²) in [5.74, 6) is -3.50. The number of carboxylic acids is 1. The zero-order chi connectivity index (χ0) is 19.9. The number of benzene rings is 1. The summed E-state index contributed by atoms with van der Waals surface area (Å²) in [4.78, 5) is 25.6. The maximum atomic E-state index is 14.3. The number of nitrogens with zero attached hydrogens (tertiary/aromatic N) is 3. The number of aliphatic carboxylic acids is 1. The Bertz CT molecular complexity index is 902. The fourth-order valence-corrected chi connectivity index (χ4v) is 3.07. The van der Waals surface area contributed by atoms with Gasteiger partial charge in [-0.2, -0.15) is 5.10 Å². The summed E-state index contributed by atoms with van der Waals surface area (Å²) in [6.45, 7) is 6.06. The van der Waals surface area contributed by atoms with Gasteiger partial charge in [0.25, 0.3) is 5.91 Å². The molecule has 27 heavy (non-hydrogen) atoms. The molecule has 0 saturated carbocycles. The molecule has 1 aliphatic heterocycles. The van der Waals surface area contributed by atoms with Crippen LogP contribution < -0.4 is 0 Å². The lowest BCUT2D eigenvalue weighted by molar-refractivity contribution is -0.141. The fraction of sp³-hybridized carbons (Fsp3) is 0.421. The number of likely N-dealkylation sites (tertiary alicyclic amines) is 1. The van der Waals surface area contributed by atoms with Gasteiger partial charge in [0.05, 0.1) is 17.0 Å². The topological polar surface area (TPSA) is 75.4 Å². The van der Waals surface area contributed by atoms with E-state index >= 15 is 0 Å². The molecule has 1 aromatic carbocycles. The molecule has 8 heteroatoms. The molecule has 0 unspecified atom stereocenters. The van der Waals surface area contributed by atoms with Gasteiger partial charge in [-0.1, -0.05) is 0 Å². The number of hydrogen-bond donors (Lipinski definition) is 1. The van der Waals surface area contributed by atoms with Crippen LogP contribution in [0.1, 0.15) is 37.6 Å². The molecule has 1 fully saturated rings. The molecule has 1 N–H and O–H groups in total. The lowest BCUT2D eigenvalue weighted by Gasteiger charge is -2.19. The quantitative estimate of drug-likeness (QED) is 0.892. The van der Waals surface area contributed by atoms with E-state index in [4.69, 9.17) is 5.11 Å². The Morgan fingerprint density at radius 1 is 1.26 bits per heavy atom. The number of hydrogen-bond acceptors (Lipinski definition) is 3. The first-order valence-electron chi connectivity index (χ1n) is 8.65. The van der Waals surface area contributed by atoms with Gasteiger partial charge in [-0.15, -0.1) is 0 Å². The number of halogens is 2. The van der Waals surface area contributed by atoms with Gasteiger partial charge in [-0.05, 0) is 39.3 Å². The van der Waals surface area contributed by atoms with Crippen molar-refractivity contribution in [3.63, 3.8) is 0 Å². The summed E-state index contributed by atoms with van der Waals surface area (Å²) in [7, 11) is 0. The number of carboxylic acid groups (broad SMARTS) is 1. The van der Waals surface area contributed by atoms with E-state index in [0.717, 1.165) is 12.1 Å². The van der Waals surface area contributed by atoms with Crippen LogP contribution in [0, 0.1) is 17.6 Å². The van der Waals surface area contributed by atoms with Crippen molar-refractivity contribution in [3.8, 4) is 11.3 Å². The van der Waals surface area contributed by atoms with Crippen LogP contribution in [0.2, 0.25) is 0 Å². The zero-order valence-corrected chi connectivity index (χ0v) is 15.4. The van der Waals surface area contributed by atoms with E-state index in [1.807, 2.05) is 20.8 Å². The van der Waals surface area contributed by atoms with Crippen LogP contribution in [0.5, 0.6) is 0 Å². The van der Waals surface area contributed by atoms with Crippen molar-refractivity contribution in [2.75, 3.05) is 13.1 Å². The van der Waals surface area contributed by atoms with Crippen molar-refractivity contribution in [2.24, 2.45) is 5.92 Å². The molecule has 6 nitrogen and oxygen atoms in total. The van der Waals surface area contributed by atoms with Crippen molar-refractivity contribution in [3.05, 3.63) is 41.6 Å². The van der Waals surface area contributed by atoms with Crippen molar-refractivity contribution in [2.45, 2.75) is 32.7 Å². The fourth-order valence-electron chi connectivity index (χ4n) is 3.07. The minimum Gasteiger partial charge on any atom is -0.481 e. The van der Waals surface area contributed by atoms with E-state index in [-0.39, 0.29) is 23.4 Å². The Balaban J connectivity index is 2.05. The Morgan fingerprint density at radius 3 is 2.52 bits per heavy atom. The zero-order valence-electron chi connectivity index (χ0n) is 15.4. The van der Waals surface area contributed by atoms with Gasteiger partial charge >= 0.3 is 5.97 Å². The van der Waals surface area contributed by atoms with E-state index in [1.54, 1.807) is 4.68 Å². The van der Waals surface area contributed by atoms with E-state index in [1.165, 1.54) is 17.2 Å². The van der Waals surface area contributed by atoms with Crippen LogP contribution in [0.25, 0.3) is 11.3 Å². The predicted octanol–water partition coefficient (Wildman–Crippen LogP) is 3.13. The first-order chi connectivity index (χ1) is 12.6. The first kappa shape index (κ1) is 19.0. The molecule has 1 amide bonds. The molecule has 0 aliphatic carbocycles. The Labute approximate surface area is 155 Å². The lowest BCUT2D eigenvalue weighted by atomic mass is 10.1. The van der Waals surface area contributed by atoms with Gasteiger partial charge in [0, 0.05) is 30.9 Å². The van der Waals surface area contributed by atoms with E-state index in [0.29, 0.717) is 13.0 Å². The van der Waals surface area contributed by atoms with E-state index in [9.17, 15) is 18.4 Å². The highest BCUT2D eigenvalue weighted by atomic mass is 19.1. The van der Waals surface area contributed by atoms with Gasteiger partial charge in [0.1, 0.15) is 17.3 Å². The van der Waals surface area contributed by atoms with Gasteiger partial charge in [0.2, 0.25) is 0 Å². The van der Waals surface area contributed by atoms with Gasteiger partial charge in [-0.25, -0.2) is 8.78 Å². The third-order valence-corrected chi connectivity index (χ3v) is 4.64. The number of carbonyl (C=O) groups excluding carboxylic acids is 1. The molecule has 1 saturated heterocycles. The van der Waals surface area contributed by atoms with Gasteiger partial charge < -0.3 is 10.0 Å². The largest absolute Gasteiger partial charge is 0.481 e. The summed E-state index contributed by atoms with van der Waals surface area (Å²) >= 11 is 0. The third kappa shape index (κ3) is 3.70. The van der Waals surface area contributed by atoms with Gasteiger partial charge in [0.15, 0.2) is 0 Å². The second kappa shape index (κ2) is 6.75. The third-order valence-electron chi connectivity index (χ3n) is 4.64.